The fourth-order valence-electron chi connectivity index (χ4n) is 2.59. The van der Waals surface area contributed by atoms with Crippen LogP contribution in [0.4, 0.5) is 0 Å². The van der Waals surface area contributed by atoms with Crippen molar-refractivity contribution >= 4 is 47.6 Å². The topological polar surface area (TPSA) is 77.0 Å². The van der Waals surface area contributed by atoms with Crippen LogP contribution in [0.2, 0.25) is 0 Å². The molecular formula is C14H27IN4O2S. The fraction of sp³-hybridized carbons (Fsp3) is 0.857. The number of thioether (sulfide) groups is 1. The number of rotatable bonds is 4. The molecular weight excluding hydrogens is 415 g/mol. The number of carbonyl (C=O) groups is 1. The van der Waals surface area contributed by atoms with E-state index in [1.54, 1.807) is 16.7 Å². The Morgan fingerprint density at radius 1 is 1.59 bits per heavy atom. The van der Waals surface area contributed by atoms with Crippen LogP contribution in [0.15, 0.2) is 4.99 Å². The van der Waals surface area contributed by atoms with Crippen molar-refractivity contribution < 1.29 is 9.90 Å². The van der Waals surface area contributed by atoms with Crippen LogP contribution in [0.3, 0.4) is 0 Å². The Labute approximate surface area is 153 Å². The van der Waals surface area contributed by atoms with Gasteiger partial charge in [-0.25, -0.2) is 0 Å². The van der Waals surface area contributed by atoms with E-state index in [0.717, 1.165) is 36.9 Å². The van der Waals surface area contributed by atoms with Gasteiger partial charge >= 0.3 is 0 Å². The van der Waals surface area contributed by atoms with Crippen molar-refractivity contribution in [1.29, 1.82) is 0 Å². The van der Waals surface area contributed by atoms with Crippen LogP contribution in [-0.4, -0.2) is 71.7 Å². The van der Waals surface area contributed by atoms with E-state index in [2.05, 4.69) is 15.6 Å². The highest BCUT2D eigenvalue weighted by Crippen LogP contribution is 2.27. The summed E-state index contributed by atoms with van der Waals surface area (Å²) in [6.45, 7) is 3.93. The Morgan fingerprint density at radius 2 is 2.36 bits per heavy atom. The summed E-state index contributed by atoms with van der Waals surface area (Å²) in [5.74, 6) is 2.70. The molecule has 2 heterocycles. The Balaban J connectivity index is 0.00000242. The molecule has 2 saturated heterocycles. The minimum atomic E-state index is -0.660. The van der Waals surface area contributed by atoms with Gasteiger partial charge in [0.15, 0.2) is 5.96 Å². The van der Waals surface area contributed by atoms with E-state index >= 15 is 0 Å². The zero-order valence-corrected chi connectivity index (χ0v) is 16.4. The predicted octanol–water partition coefficient (Wildman–Crippen LogP) is 0.648. The predicted molar refractivity (Wildman–Crippen MR) is 102 cm³/mol. The van der Waals surface area contributed by atoms with Crippen LogP contribution >= 0.6 is 35.7 Å². The van der Waals surface area contributed by atoms with E-state index in [4.69, 9.17) is 0 Å². The van der Waals surface area contributed by atoms with Gasteiger partial charge in [-0.2, -0.15) is 11.8 Å². The number of hydrogen-bond donors (Lipinski definition) is 3. The number of aliphatic hydroxyl groups is 1. The van der Waals surface area contributed by atoms with Gasteiger partial charge in [-0.1, -0.05) is 0 Å². The number of likely N-dealkylation sites (tertiary alicyclic amines) is 1. The van der Waals surface area contributed by atoms with Crippen LogP contribution in [0.1, 0.15) is 26.2 Å². The molecule has 2 rings (SSSR count). The lowest BCUT2D eigenvalue weighted by molar-refractivity contribution is -0.132. The molecule has 0 radical (unpaired) electrons. The summed E-state index contributed by atoms with van der Waals surface area (Å²) in [6, 6.07) is 0.220. The van der Waals surface area contributed by atoms with Crippen LogP contribution in [0, 0.1) is 0 Å². The van der Waals surface area contributed by atoms with Gasteiger partial charge in [-0.05, 0) is 25.5 Å². The van der Waals surface area contributed by atoms with E-state index in [0.29, 0.717) is 19.5 Å². The van der Waals surface area contributed by atoms with Crippen molar-refractivity contribution in [2.75, 3.05) is 38.2 Å². The Kier molecular flexibility index (Phi) is 8.26. The lowest BCUT2D eigenvalue weighted by Crippen LogP contribution is -2.52. The molecule has 0 bridgehead atoms. The number of nitrogens with one attached hydrogen (secondary N) is 2. The average molecular weight is 442 g/mol. The molecule has 0 aliphatic carbocycles. The number of aliphatic imine (C=N–C) groups is 1. The molecule has 0 aromatic rings. The zero-order chi connectivity index (χ0) is 15.3. The molecule has 2 aliphatic heterocycles. The number of nitrogens with zero attached hydrogens (tertiary/aromatic N) is 2. The summed E-state index contributed by atoms with van der Waals surface area (Å²) in [6.07, 6.45) is 2.21. The van der Waals surface area contributed by atoms with Crippen molar-refractivity contribution in [3.63, 3.8) is 0 Å². The monoisotopic (exact) mass is 442 g/mol. The van der Waals surface area contributed by atoms with E-state index < -0.39 is 5.60 Å². The zero-order valence-electron chi connectivity index (χ0n) is 13.3. The standard InChI is InChI=1S/C14H26N4O2S.HI/c1-3-15-13(16-9-14(20)6-7-21-10-14)17-11-4-5-12(19)18(2)8-11;/h11,20H,3-10H2,1-2H3,(H2,15,16,17);1H. The van der Waals surface area contributed by atoms with Gasteiger partial charge in [0, 0.05) is 38.4 Å². The Hall–Kier alpha value is -0.220. The van der Waals surface area contributed by atoms with Crippen LogP contribution in [0.5, 0.6) is 0 Å². The first-order valence-corrected chi connectivity index (χ1v) is 8.77. The van der Waals surface area contributed by atoms with Crippen molar-refractivity contribution in [3.05, 3.63) is 0 Å². The second kappa shape index (κ2) is 9.17. The highest BCUT2D eigenvalue weighted by Gasteiger charge is 2.31. The smallest absolute Gasteiger partial charge is 0.222 e. The third-order valence-corrected chi connectivity index (χ3v) is 5.16. The van der Waals surface area contributed by atoms with Crippen molar-refractivity contribution in [1.82, 2.24) is 15.5 Å². The molecule has 6 nitrogen and oxygen atoms in total. The molecule has 0 aromatic carbocycles. The summed E-state index contributed by atoms with van der Waals surface area (Å²) in [4.78, 5) is 17.8. The lowest BCUT2D eigenvalue weighted by atomic mass is 10.0. The molecule has 1 amide bonds. The first-order chi connectivity index (χ1) is 10.0. The number of halogens is 1. The van der Waals surface area contributed by atoms with Gasteiger partial charge < -0.3 is 20.6 Å². The number of amides is 1. The summed E-state index contributed by atoms with van der Waals surface area (Å²) in [5, 5.41) is 16.9. The molecule has 128 valence electrons. The molecule has 2 fully saturated rings. The molecule has 2 aliphatic rings. The van der Waals surface area contributed by atoms with Gasteiger partial charge in [0.25, 0.3) is 0 Å². The lowest BCUT2D eigenvalue weighted by Gasteiger charge is -2.31. The summed E-state index contributed by atoms with van der Waals surface area (Å²) >= 11 is 1.78. The van der Waals surface area contributed by atoms with Crippen LogP contribution in [0.25, 0.3) is 0 Å². The molecule has 0 aromatic heterocycles. The molecule has 2 atom stereocenters. The maximum Gasteiger partial charge on any atom is 0.222 e. The van der Waals surface area contributed by atoms with Crippen molar-refractivity contribution in [3.8, 4) is 0 Å². The highest BCUT2D eigenvalue weighted by atomic mass is 127. The number of guanidine groups is 1. The Morgan fingerprint density at radius 3 is 2.95 bits per heavy atom. The fourth-order valence-corrected chi connectivity index (χ4v) is 3.88. The second-order valence-electron chi connectivity index (χ2n) is 5.88. The quantitative estimate of drug-likeness (QED) is 0.339. The van der Waals surface area contributed by atoms with Crippen molar-refractivity contribution in [2.24, 2.45) is 4.99 Å². The third-order valence-electron chi connectivity index (χ3n) is 3.93. The normalized spacial score (nSPS) is 29.2. The number of carbonyl (C=O) groups excluding carboxylic acids is 1. The molecule has 0 saturated carbocycles. The van der Waals surface area contributed by atoms with E-state index in [1.807, 2.05) is 14.0 Å². The van der Waals surface area contributed by atoms with Gasteiger partial charge in [0.1, 0.15) is 0 Å². The van der Waals surface area contributed by atoms with Gasteiger partial charge in [-0.15, -0.1) is 24.0 Å². The van der Waals surface area contributed by atoms with Crippen LogP contribution in [-0.2, 0) is 4.79 Å². The SMILES string of the molecule is CCNC(=NCC1(O)CCSC1)NC1CCC(=O)N(C)C1.I. The Bertz CT molecular complexity index is 402. The first kappa shape index (κ1) is 19.8. The minimum Gasteiger partial charge on any atom is -0.387 e. The molecule has 8 heteroatoms. The first-order valence-electron chi connectivity index (χ1n) is 7.61. The summed E-state index contributed by atoms with van der Waals surface area (Å²) < 4.78 is 0. The van der Waals surface area contributed by atoms with Crippen molar-refractivity contribution in [2.45, 2.75) is 37.8 Å². The van der Waals surface area contributed by atoms with Gasteiger partial charge in [0.05, 0.1) is 12.1 Å². The van der Waals surface area contributed by atoms with E-state index in [1.165, 1.54) is 0 Å². The average Bonchev–Trinajstić information content (AvgIpc) is 2.88. The van der Waals surface area contributed by atoms with Crippen LogP contribution < -0.4 is 10.6 Å². The molecule has 22 heavy (non-hydrogen) atoms. The number of likely N-dealkylation sites (N-methyl/N-ethyl adjacent to an activating group) is 1. The van der Waals surface area contributed by atoms with E-state index in [9.17, 15) is 9.90 Å². The minimum absolute atomic E-state index is 0. The largest absolute Gasteiger partial charge is 0.387 e. The molecule has 2 unspecified atom stereocenters. The van der Waals surface area contributed by atoms with Gasteiger partial charge in [-0.3, -0.25) is 9.79 Å². The van der Waals surface area contributed by atoms with E-state index in [-0.39, 0.29) is 35.9 Å². The maximum absolute atomic E-state index is 11.5. The molecule has 3 N–H and O–H groups in total. The third kappa shape index (κ3) is 5.77. The maximum atomic E-state index is 11.5. The second-order valence-corrected chi connectivity index (χ2v) is 6.98. The summed E-state index contributed by atoms with van der Waals surface area (Å²) in [7, 11) is 1.83. The summed E-state index contributed by atoms with van der Waals surface area (Å²) in [5.41, 5.74) is -0.660. The molecule has 0 spiro atoms. The number of piperidine rings is 1. The number of hydrogen-bond acceptors (Lipinski definition) is 4. The van der Waals surface area contributed by atoms with Gasteiger partial charge in [0.2, 0.25) is 5.91 Å². The highest BCUT2D eigenvalue weighted by molar-refractivity contribution is 14.0.